The number of aliphatic imine (C=N–C) groups is 1. The molecule has 1 fully saturated rings. The van der Waals surface area contributed by atoms with Gasteiger partial charge in [-0.3, -0.25) is 4.99 Å². The number of rotatable bonds is 0. The van der Waals surface area contributed by atoms with Crippen molar-refractivity contribution in [2.24, 2.45) is 4.99 Å². The monoisotopic (exact) mass is 164 g/mol. The van der Waals surface area contributed by atoms with Crippen LogP contribution in [-0.2, 0) is 0 Å². The van der Waals surface area contributed by atoms with Gasteiger partial charge in [0.05, 0.1) is 6.04 Å². The van der Waals surface area contributed by atoms with Crippen LogP contribution in [0.1, 0.15) is 33.1 Å². The zero-order valence-corrected chi connectivity index (χ0v) is 7.80. The van der Waals surface area contributed by atoms with Crippen molar-refractivity contribution in [1.29, 1.82) is 0 Å². The molecule has 0 radical (unpaired) electrons. The first-order valence-corrected chi connectivity index (χ1v) is 4.75. The van der Waals surface area contributed by atoms with Gasteiger partial charge in [-0.25, -0.2) is 0 Å². The smallest absolute Gasteiger partial charge is 0.0703 e. The Bertz CT molecular complexity index is 240. The Kier molecular flexibility index (Phi) is 1.91. The maximum Gasteiger partial charge on any atom is 0.0703 e. The highest BCUT2D eigenvalue weighted by Gasteiger charge is 2.27. The summed E-state index contributed by atoms with van der Waals surface area (Å²) in [5.41, 5.74) is 2.44. The highest BCUT2D eigenvalue weighted by molar-refractivity contribution is 5.93. The predicted molar refractivity (Wildman–Crippen MR) is 51.4 cm³/mol. The van der Waals surface area contributed by atoms with Crippen LogP contribution in [0.15, 0.2) is 16.8 Å². The number of hydrogen-bond donors (Lipinski definition) is 1. The largest absolute Gasteiger partial charge is 0.384 e. The van der Waals surface area contributed by atoms with E-state index < -0.39 is 0 Å². The summed E-state index contributed by atoms with van der Waals surface area (Å²) in [6.45, 7) is 4.21. The second-order valence-corrected chi connectivity index (χ2v) is 3.85. The van der Waals surface area contributed by atoms with Crippen LogP contribution in [0.25, 0.3) is 0 Å². The van der Waals surface area contributed by atoms with Crippen LogP contribution < -0.4 is 5.32 Å². The molecule has 2 rings (SSSR count). The summed E-state index contributed by atoms with van der Waals surface area (Å²) in [5.74, 6) is 0. The summed E-state index contributed by atoms with van der Waals surface area (Å²) in [7, 11) is 0. The van der Waals surface area contributed by atoms with E-state index in [9.17, 15) is 0 Å². The van der Waals surface area contributed by atoms with Gasteiger partial charge in [-0.2, -0.15) is 0 Å². The minimum absolute atomic E-state index is 0.540. The van der Waals surface area contributed by atoms with Gasteiger partial charge in [0, 0.05) is 17.5 Å². The number of fused-ring (bicyclic) bond motifs is 1. The lowest BCUT2D eigenvalue weighted by Gasteiger charge is -2.16. The Morgan fingerprint density at radius 2 is 2.25 bits per heavy atom. The third-order valence-corrected chi connectivity index (χ3v) is 2.69. The number of allylic oxidation sites excluding steroid dienone is 2. The normalized spacial score (nSPS) is 34.5. The zero-order valence-electron chi connectivity index (χ0n) is 7.80. The lowest BCUT2D eigenvalue weighted by molar-refractivity contribution is 0.528. The molecule has 1 aliphatic heterocycles. The topological polar surface area (TPSA) is 24.4 Å². The standard InChI is InChI=1S/C10H16N2/c1-7-6-8(2)12-10-5-3-4-9(10)11-7/h6,9-11H,3-5H2,1-2H3. The van der Waals surface area contributed by atoms with Crippen LogP contribution >= 0.6 is 0 Å². The van der Waals surface area contributed by atoms with Crippen LogP contribution in [0.3, 0.4) is 0 Å². The third-order valence-electron chi connectivity index (χ3n) is 2.69. The van der Waals surface area contributed by atoms with Gasteiger partial charge < -0.3 is 5.32 Å². The third kappa shape index (κ3) is 1.38. The second-order valence-electron chi connectivity index (χ2n) is 3.85. The van der Waals surface area contributed by atoms with Crippen LogP contribution in [-0.4, -0.2) is 17.8 Å². The summed E-state index contributed by atoms with van der Waals surface area (Å²) >= 11 is 0. The fourth-order valence-electron chi connectivity index (χ4n) is 2.21. The van der Waals surface area contributed by atoms with Gasteiger partial charge >= 0.3 is 0 Å². The van der Waals surface area contributed by atoms with Crippen molar-refractivity contribution in [3.05, 3.63) is 11.8 Å². The quantitative estimate of drug-likeness (QED) is 0.580. The van der Waals surface area contributed by atoms with E-state index in [-0.39, 0.29) is 0 Å². The first-order valence-electron chi connectivity index (χ1n) is 4.75. The molecule has 2 atom stereocenters. The van der Waals surface area contributed by atoms with Crippen molar-refractivity contribution in [2.45, 2.75) is 45.2 Å². The van der Waals surface area contributed by atoms with E-state index in [1.165, 1.54) is 30.7 Å². The van der Waals surface area contributed by atoms with Crippen molar-refractivity contribution < 1.29 is 0 Å². The SMILES string of the molecule is CC1=CC(C)=NC2CCCC2N1. The van der Waals surface area contributed by atoms with E-state index in [1.807, 2.05) is 0 Å². The minimum Gasteiger partial charge on any atom is -0.384 e. The molecule has 2 nitrogen and oxygen atoms in total. The Morgan fingerprint density at radius 3 is 3.08 bits per heavy atom. The molecule has 0 aromatic heterocycles. The Balaban J connectivity index is 2.22. The number of nitrogens with zero attached hydrogens (tertiary/aromatic N) is 1. The molecule has 0 aromatic carbocycles. The van der Waals surface area contributed by atoms with Crippen molar-refractivity contribution >= 4 is 5.71 Å². The molecule has 0 saturated heterocycles. The molecule has 0 spiro atoms. The maximum absolute atomic E-state index is 4.67. The summed E-state index contributed by atoms with van der Waals surface area (Å²) in [4.78, 5) is 4.67. The van der Waals surface area contributed by atoms with Gasteiger partial charge in [-0.05, 0) is 39.2 Å². The minimum atomic E-state index is 0.540. The first kappa shape index (κ1) is 7.84. The molecule has 1 aliphatic carbocycles. The molecular weight excluding hydrogens is 148 g/mol. The van der Waals surface area contributed by atoms with E-state index in [2.05, 4.69) is 30.2 Å². The lowest BCUT2D eigenvalue weighted by Crippen LogP contribution is -2.32. The van der Waals surface area contributed by atoms with Gasteiger partial charge in [0.1, 0.15) is 0 Å². The number of nitrogens with one attached hydrogen (secondary N) is 1. The van der Waals surface area contributed by atoms with Crippen LogP contribution in [0, 0.1) is 0 Å². The molecule has 2 heteroatoms. The van der Waals surface area contributed by atoms with Crippen molar-refractivity contribution in [2.75, 3.05) is 0 Å². The summed E-state index contributed by atoms with van der Waals surface area (Å²) in [6, 6.07) is 1.15. The molecule has 66 valence electrons. The Labute approximate surface area is 73.8 Å². The van der Waals surface area contributed by atoms with Gasteiger partial charge in [0.15, 0.2) is 0 Å². The molecule has 12 heavy (non-hydrogen) atoms. The maximum atomic E-state index is 4.67. The summed E-state index contributed by atoms with van der Waals surface area (Å²) < 4.78 is 0. The molecule has 0 amide bonds. The Hall–Kier alpha value is -0.790. The van der Waals surface area contributed by atoms with E-state index in [4.69, 9.17) is 0 Å². The molecule has 0 aromatic rings. The van der Waals surface area contributed by atoms with Gasteiger partial charge in [0.25, 0.3) is 0 Å². The fraction of sp³-hybridized carbons (Fsp3) is 0.700. The molecular formula is C10H16N2. The summed E-state index contributed by atoms with van der Waals surface area (Å²) in [6.07, 6.45) is 6.01. The van der Waals surface area contributed by atoms with Gasteiger partial charge in [-0.15, -0.1) is 0 Å². The zero-order chi connectivity index (χ0) is 8.55. The molecule has 2 unspecified atom stereocenters. The van der Waals surface area contributed by atoms with Crippen LogP contribution in [0.4, 0.5) is 0 Å². The van der Waals surface area contributed by atoms with Gasteiger partial charge in [-0.1, -0.05) is 0 Å². The first-order chi connectivity index (χ1) is 5.75. The van der Waals surface area contributed by atoms with Gasteiger partial charge in [0.2, 0.25) is 0 Å². The van der Waals surface area contributed by atoms with E-state index >= 15 is 0 Å². The average Bonchev–Trinajstić information content (AvgIpc) is 2.31. The van der Waals surface area contributed by atoms with E-state index in [0.717, 1.165) is 0 Å². The Morgan fingerprint density at radius 1 is 1.42 bits per heavy atom. The molecule has 0 bridgehead atoms. The fourth-order valence-corrected chi connectivity index (χ4v) is 2.21. The molecule has 1 heterocycles. The van der Waals surface area contributed by atoms with Crippen molar-refractivity contribution in [1.82, 2.24) is 5.32 Å². The number of hydrogen-bond acceptors (Lipinski definition) is 2. The van der Waals surface area contributed by atoms with E-state index in [1.54, 1.807) is 0 Å². The second kappa shape index (κ2) is 2.92. The van der Waals surface area contributed by atoms with Crippen LogP contribution in [0.2, 0.25) is 0 Å². The van der Waals surface area contributed by atoms with Crippen LogP contribution in [0.5, 0.6) is 0 Å². The highest BCUT2D eigenvalue weighted by Crippen LogP contribution is 2.24. The van der Waals surface area contributed by atoms with E-state index in [0.29, 0.717) is 12.1 Å². The van der Waals surface area contributed by atoms with Crippen molar-refractivity contribution in [3.8, 4) is 0 Å². The van der Waals surface area contributed by atoms with Crippen molar-refractivity contribution in [3.63, 3.8) is 0 Å². The predicted octanol–water partition coefficient (Wildman–Crippen LogP) is 1.88. The molecule has 1 N–H and O–H groups in total. The summed E-state index contributed by atoms with van der Waals surface area (Å²) in [5, 5.41) is 3.52. The lowest BCUT2D eigenvalue weighted by atomic mass is 10.2. The molecule has 1 saturated carbocycles. The highest BCUT2D eigenvalue weighted by atomic mass is 15.0. The molecule has 2 aliphatic rings. The average molecular weight is 164 g/mol.